The van der Waals surface area contributed by atoms with Crippen molar-refractivity contribution in [3.8, 4) is 0 Å². The zero-order chi connectivity index (χ0) is 13.8. The minimum absolute atomic E-state index is 0.0938. The Morgan fingerprint density at radius 2 is 2.32 bits per heavy atom. The van der Waals surface area contributed by atoms with Crippen molar-refractivity contribution in [3.63, 3.8) is 0 Å². The van der Waals surface area contributed by atoms with Gasteiger partial charge in [-0.25, -0.2) is 13.1 Å². The van der Waals surface area contributed by atoms with Crippen LogP contribution in [0.15, 0.2) is 14.1 Å². The summed E-state index contributed by atoms with van der Waals surface area (Å²) < 4.78 is 33.4. The van der Waals surface area contributed by atoms with Crippen LogP contribution in [-0.2, 0) is 14.8 Å². The van der Waals surface area contributed by atoms with Gasteiger partial charge in [0.2, 0.25) is 0 Å². The molecule has 4 unspecified atom stereocenters. The standard InChI is InChI=1S/C10H12BrClN2O3S2/c11-10-5(12)3-6(18-10)19(15,16)14-8-7(13)4-1-2-17-9(4)8/h3-4,7-9,14H,1-2,13H2. The summed E-state index contributed by atoms with van der Waals surface area (Å²) >= 11 is 10.1. The molecule has 1 aliphatic heterocycles. The Morgan fingerprint density at radius 3 is 2.95 bits per heavy atom. The molecular weight excluding hydrogens is 376 g/mol. The second kappa shape index (κ2) is 4.94. The molecule has 2 aliphatic rings. The number of hydrogen-bond acceptors (Lipinski definition) is 5. The molecule has 0 bridgehead atoms. The Morgan fingerprint density at radius 1 is 1.58 bits per heavy atom. The van der Waals surface area contributed by atoms with Gasteiger partial charge >= 0.3 is 0 Å². The number of sulfonamides is 1. The summed E-state index contributed by atoms with van der Waals surface area (Å²) in [5.41, 5.74) is 5.99. The van der Waals surface area contributed by atoms with Gasteiger partial charge in [-0.15, -0.1) is 11.3 Å². The molecule has 0 spiro atoms. The number of halogens is 2. The third kappa shape index (κ3) is 2.37. The first kappa shape index (κ1) is 14.2. The van der Waals surface area contributed by atoms with Gasteiger partial charge in [-0.3, -0.25) is 0 Å². The molecule has 5 nitrogen and oxygen atoms in total. The summed E-state index contributed by atoms with van der Waals surface area (Å²) in [5.74, 6) is 0.270. The number of nitrogens with two attached hydrogens (primary N) is 1. The third-order valence-corrected chi connectivity index (χ3v) is 8.03. The van der Waals surface area contributed by atoms with Gasteiger partial charge in [-0.1, -0.05) is 11.6 Å². The molecule has 1 aromatic rings. The fraction of sp³-hybridized carbons (Fsp3) is 0.600. The Balaban J connectivity index is 1.79. The van der Waals surface area contributed by atoms with Gasteiger partial charge < -0.3 is 10.5 Å². The lowest BCUT2D eigenvalue weighted by Gasteiger charge is -2.45. The molecular formula is C10H12BrClN2O3S2. The summed E-state index contributed by atoms with van der Waals surface area (Å²) in [6.45, 7) is 0.650. The molecule has 19 heavy (non-hydrogen) atoms. The zero-order valence-electron chi connectivity index (χ0n) is 9.68. The molecule has 0 radical (unpaired) electrons. The molecule has 1 aliphatic carbocycles. The molecule has 9 heteroatoms. The summed E-state index contributed by atoms with van der Waals surface area (Å²) in [4.78, 5) is 0. The Labute approximate surface area is 128 Å². The van der Waals surface area contributed by atoms with E-state index in [-0.39, 0.29) is 28.3 Å². The van der Waals surface area contributed by atoms with Gasteiger partial charge in [0.25, 0.3) is 10.0 Å². The summed E-state index contributed by atoms with van der Waals surface area (Å²) in [6.07, 6.45) is 0.809. The van der Waals surface area contributed by atoms with E-state index in [4.69, 9.17) is 22.1 Å². The molecule has 106 valence electrons. The zero-order valence-corrected chi connectivity index (χ0v) is 13.7. The van der Waals surface area contributed by atoms with E-state index in [1.165, 1.54) is 6.07 Å². The average Bonchev–Trinajstić information content (AvgIpc) is 2.92. The number of rotatable bonds is 3. The summed E-state index contributed by atoms with van der Waals surface area (Å²) in [7, 11) is -3.60. The van der Waals surface area contributed by atoms with Gasteiger partial charge in [-0.05, 0) is 28.4 Å². The summed E-state index contributed by atoms with van der Waals surface area (Å²) in [5, 5.41) is 0.387. The lowest BCUT2D eigenvalue weighted by molar-refractivity contribution is -0.00922. The van der Waals surface area contributed by atoms with Crippen LogP contribution in [0.4, 0.5) is 0 Å². The quantitative estimate of drug-likeness (QED) is 0.824. The largest absolute Gasteiger partial charge is 0.376 e. The Kier molecular flexibility index (Phi) is 3.70. The van der Waals surface area contributed by atoms with E-state index in [0.29, 0.717) is 15.4 Å². The predicted molar refractivity (Wildman–Crippen MR) is 77.0 cm³/mol. The second-order valence-electron chi connectivity index (χ2n) is 4.70. The molecule has 3 N–H and O–H groups in total. The average molecular weight is 388 g/mol. The maximum Gasteiger partial charge on any atom is 0.250 e. The van der Waals surface area contributed by atoms with Crippen molar-refractivity contribution < 1.29 is 13.2 Å². The minimum Gasteiger partial charge on any atom is -0.376 e. The van der Waals surface area contributed by atoms with Crippen LogP contribution in [0, 0.1) is 5.92 Å². The van der Waals surface area contributed by atoms with Crippen LogP contribution in [0.1, 0.15) is 6.42 Å². The first-order chi connectivity index (χ1) is 8.90. The maximum atomic E-state index is 12.2. The van der Waals surface area contributed by atoms with Crippen molar-refractivity contribution in [1.29, 1.82) is 0 Å². The molecule has 0 amide bonds. The van der Waals surface area contributed by atoms with E-state index in [1.54, 1.807) is 0 Å². The number of ether oxygens (including phenoxy) is 1. The van der Waals surface area contributed by atoms with Crippen LogP contribution in [0.25, 0.3) is 0 Å². The lowest BCUT2D eigenvalue weighted by Crippen LogP contribution is -2.68. The number of hydrogen-bond donors (Lipinski definition) is 2. The van der Waals surface area contributed by atoms with Crippen molar-refractivity contribution in [2.45, 2.75) is 28.8 Å². The van der Waals surface area contributed by atoms with Gasteiger partial charge in [-0.2, -0.15) is 0 Å². The highest BCUT2D eigenvalue weighted by Crippen LogP contribution is 2.39. The van der Waals surface area contributed by atoms with Gasteiger partial charge in [0.15, 0.2) is 0 Å². The number of thiophene rings is 1. The molecule has 3 rings (SSSR count). The van der Waals surface area contributed by atoms with E-state index in [1.807, 2.05) is 0 Å². The maximum absolute atomic E-state index is 12.2. The van der Waals surface area contributed by atoms with Gasteiger partial charge in [0, 0.05) is 18.6 Å². The number of nitrogens with one attached hydrogen (secondary N) is 1. The fourth-order valence-electron chi connectivity index (χ4n) is 2.59. The van der Waals surface area contributed by atoms with E-state index in [2.05, 4.69) is 20.7 Å². The first-order valence-electron chi connectivity index (χ1n) is 5.74. The van der Waals surface area contributed by atoms with Crippen LogP contribution < -0.4 is 10.5 Å². The van der Waals surface area contributed by atoms with Crippen molar-refractivity contribution >= 4 is 48.9 Å². The van der Waals surface area contributed by atoms with Crippen LogP contribution in [0.3, 0.4) is 0 Å². The normalized spacial score (nSPS) is 34.1. The van der Waals surface area contributed by atoms with Crippen molar-refractivity contribution in [2.75, 3.05) is 6.61 Å². The highest BCUT2D eigenvalue weighted by Gasteiger charge is 2.53. The fourth-order valence-corrected chi connectivity index (χ4v) is 6.29. The highest BCUT2D eigenvalue weighted by atomic mass is 79.9. The van der Waals surface area contributed by atoms with Crippen molar-refractivity contribution in [3.05, 3.63) is 14.9 Å². The van der Waals surface area contributed by atoms with Gasteiger partial charge in [0.05, 0.1) is 21.0 Å². The molecule has 2 fully saturated rings. The van der Waals surface area contributed by atoms with Gasteiger partial charge in [0.1, 0.15) is 4.21 Å². The Hall–Kier alpha value is 0.300. The molecule has 1 saturated heterocycles. The topological polar surface area (TPSA) is 81.4 Å². The molecule has 2 heterocycles. The minimum atomic E-state index is -3.60. The smallest absolute Gasteiger partial charge is 0.250 e. The van der Waals surface area contributed by atoms with E-state index in [9.17, 15) is 8.42 Å². The van der Waals surface area contributed by atoms with E-state index in [0.717, 1.165) is 17.8 Å². The van der Waals surface area contributed by atoms with Crippen LogP contribution >= 0.6 is 38.9 Å². The van der Waals surface area contributed by atoms with E-state index < -0.39 is 10.0 Å². The van der Waals surface area contributed by atoms with Crippen molar-refractivity contribution in [1.82, 2.24) is 4.72 Å². The second-order valence-corrected chi connectivity index (χ2v) is 9.42. The lowest BCUT2D eigenvalue weighted by atomic mass is 9.73. The van der Waals surface area contributed by atoms with Crippen LogP contribution in [-0.4, -0.2) is 33.2 Å². The van der Waals surface area contributed by atoms with Crippen molar-refractivity contribution in [2.24, 2.45) is 11.7 Å². The monoisotopic (exact) mass is 386 g/mol. The molecule has 0 aromatic carbocycles. The first-order valence-corrected chi connectivity index (χ1v) is 9.21. The SMILES string of the molecule is NC1C2CCOC2C1NS(=O)(=O)c1cc(Cl)c(Br)s1. The highest BCUT2D eigenvalue weighted by molar-refractivity contribution is 9.11. The predicted octanol–water partition coefficient (Wildman–Crippen LogP) is 1.56. The third-order valence-electron chi connectivity index (χ3n) is 3.63. The molecule has 4 atom stereocenters. The summed E-state index contributed by atoms with van der Waals surface area (Å²) in [6, 6.07) is 0.897. The molecule has 1 aromatic heterocycles. The van der Waals surface area contributed by atoms with E-state index >= 15 is 0 Å². The number of fused-ring (bicyclic) bond motifs is 1. The van der Waals surface area contributed by atoms with Crippen LogP contribution in [0.2, 0.25) is 5.02 Å². The van der Waals surface area contributed by atoms with Crippen LogP contribution in [0.5, 0.6) is 0 Å². The molecule has 1 saturated carbocycles. The Bertz CT molecular complexity index is 586.